The van der Waals surface area contributed by atoms with E-state index in [4.69, 9.17) is 26.3 Å². The quantitative estimate of drug-likeness (QED) is 0.0729. The van der Waals surface area contributed by atoms with Gasteiger partial charge in [0.25, 0.3) is 5.91 Å². The van der Waals surface area contributed by atoms with Crippen molar-refractivity contribution in [1.29, 1.82) is 5.26 Å². The molecule has 3 aromatic carbocycles. The van der Waals surface area contributed by atoms with Crippen LogP contribution in [0.4, 0.5) is 0 Å². The molecule has 340 valence electrons. The minimum Gasteiger partial charge on any atom is -0.481 e. The number of hydrogen-bond donors (Lipinski definition) is 3. The molecule has 4 amide bonds. The Morgan fingerprint density at radius 1 is 0.970 bits per heavy atom. The number of carbonyl (C=O) groups is 4. The van der Waals surface area contributed by atoms with E-state index in [-0.39, 0.29) is 43.6 Å². The number of ether oxygens (including phenoxy) is 2. The van der Waals surface area contributed by atoms with Crippen LogP contribution in [-0.2, 0) is 32.2 Å². The highest BCUT2D eigenvalue weighted by molar-refractivity contribution is 7.13. The summed E-state index contributed by atoms with van der Waals surface area (Å²) in [4.78, 5) is 60.1. The second-order valence-electron chi connectivity index (χ2n) is 16.8. The smallest absolute Gasteiger partial charge is 0.251 e. The standard InChI is InChI=1S/C50H51ClN8O6S/c1-33(30-58-24-22-42(57-58)38-16-17-39(28-52)41(51)27-38)55-47(61)37-18-20-40(21-19-37)65-26-9-7-6-8-25-64-31-44(60)56-46(50(3,4)5)49(63)59-23-10-11-43(59)48(62)53-29-35-12-14-36(15-13-35)45-34(2)54-32-66-45/h12-22,24,27,32-33,43,46H,10-11,23,25-26,29-31H2,1-5H3,(H,53,62)(H,55,61)(H,56,60)/t33-,43-,46+/m0/s1. The highest BCUT2D eigenvalue weighted by Gasteiger charge is 2.41. The van der Waals surface area contributed by atoms with Crippen molar-refractivity contribution < 1.29 is 28.7 Å². The lowest BCUT2D eigenvalue weighted by atomic mass is 9.85. The minimum atomic E-state index is -0.879. The van der Waals surface area contributed by atoms with Crippen LogP contribution in [0.15, 0.2) is 84.5 Å². The van der Waals surface area contributed by atoms with Gasteiger partial charge in [-0.1, -0.05) is 68.6 Å². The maximum absolute atomic E-state index is 13.9. The van der Waals surface area contributed by atoms with Gasteiger partial charge in [0.05, 0.1) is 38.9 Å². The summed E-state index contributed by atoms with van der Waals surface area (Å²) in [7, 11) is 0. The van der Waals surface area contributed by atoms with E-state index in [0.29, 0.717) is 60.1 Å². The zero-order chi connectivity index (χ0) is 47.2. The van der Waals surface area contributed by atoms with Crippen molar-refractivity contribution in [3.63, 3.8) is 0 Å². The molecule has 3 N–H and O–H groups in total. The Morgan fingerprint density at radius 3 is 2.38 bits per heavy atom. The van der Waals surface area contributed by atoms with E-state index in [2.05, 4.69) is 49.7 Å². The van der Waals surface area contributed by atoms with E-state index >= 15 is 0 Å². The molecule has 5 aromatic rings. The molecule has 1 aliphatic rings. The molecule has 0 bridgehead atoms. The number of carbonyl (C=O) groups excluding carboxylic acids is 4. The zero-order valence-corrected chi connectivity index (χ0v) is 39.0. The summed E-state index contributed by atoms with van der Waals surface area (Å²) in [5.74, 6) is 10.2. The highest BCUT2D eigenvalue weighted by atomic mass is 35.5. The first-order valence-electron chi connectivity index (χ1n) is 21.4. The van der Waals surface area contributed by atoms with Gasteiger partial charge in [-0.15, -0.1) is 11.3 Å². The number of nitrogens with zero attached hydrogens (tertiary/aromatic N) is 5. The van der Waals surface area contributed by atoms with Crippen LogP contribution < -0.4 is 20.7 Å². The van der Waals surface area contributed by atoms with Crippen molar-refractivity contribution >= 4 is 46.6 Å². The predicted molar refractivity (Wildman–Crippen MR) is 253 cm³/mol. The maximum atomic E-state index is 13.9. The normalized spacial score (nSPS) is 14.1. The number of amides is 4. The number of likely N-dealkylation sites (tertiary alicyclic amines) is 1. The number of hydrogen-bond acceptors (Lipinski definition) is 10. The van der Waals surface area contributed by atoms with Crippen LogP contribution >= 0.6 is 22.9 Å². The number of thiazole rings is 1. The Balaban J connectivity index is 0.879. The lowest BCUT2D eigenvalue weighted by Gasteiger charge is -2.35. The number of aromatic nitrogens is 3. The first-order chi connectivity index (χ1) is 31.7. The van der Waals surface area contributed by atoms with Crippen LogP contribution in [0, 0.1) is 47.4 Å². The first-order valence-corrected chi connectivity index (χ1v) is 22.6. The van der Waals surface area contributed by atoms with Gasteiger partial charge in [0.15, 0.2) is 0 Å². The molecule has 2 aromatic heterocycles. The second kappa shape index (κ2) is 22.8. The molecule has 0 unspecified atom stereocenters. The van der Waals surface area contributed by atoms with Gasteiger partial charge in [-0.2, -0.15) is 10.4 Å². The van der Waals surface area contributed by atoms with Crippen molar-refractivity contribution in [3.8, 4) is 57.2 Å². The molecular formula is C50H51ClN8O6S. The fourth-order valence-electron chi connectivity index (χ4n) is 7.17. The van der Waals surface area contributed by atoms with Crippen LogP contribution in [0.1, 0.15) is 67.7 Å². The van der Waals surface area contributed by atoms with Crippen molar-refractivity contribution in [2.75, 3.05) is 26.4 Å². The van der Waals surface area contributed by atoms with Gasteiger partial charge in [0.2, 0.25) is 17.7 Å². The summed E-state index contributed by atoms with van der Waals surface area (Å²) < 4.78 is 12.8. The molecular weight excluding hydrogens is 876 g/mol. The molecule has 66 heavy (non-hydrogen) atoms. The van der Waals surface area contributed by atoms with Gasteiger partial charge >= 0.3 is 0 Å². The molecule has 0 spiro atoms. The van der Waals surface area contributed by atoms with Gasteiger partial charge in [-0.05, 0) is 103 Å². The van der Waals surface area contributed by atoms with Gasteiger partial charge in [-0.25, -0.2) is 4.98 Å². The Hall–Kier alpha value is -6.96. The van der Waals surface area contributed by atoms with Gasteiger partial charge in [0, 0.05) is 36.5 Å². The fourth-order valence-corrected chi connectivity index (χ4v) is 8.21. The third-order valence-electron chi connectivity index (χ3n) is 10.6. The SMILES string of the molecule is Cc1ncsc1-c1ccc(CNC(=O)[C@@H]2CCCN2C(=O)[C@@H](NC(=O)COCC#CC#CCOc2ccc(C(=O)N[C@@H](C)Cn3ccc(-c4ccc(C#N)c(Cl)c4)n3)cc2)C(C)(C)C)cc1. The van der Waals surface area contributed by atoms with Crippen molar-refractivity contribution in [3.05, 3.63) is 112 Å². The summed E-state index contributed by atoms with van der Waals surface area (Å²) in [6.45, 7) is 10.3. The zero-order valence-electron chi connectivity index (χ0n) is 37.4. The Bertz CT molecular complexity index is 2700. The summed E-state index contributed by atoms with van der Waals surface area (Å²) in [5.41, 5.74) is 6.53. The monoisotopic (exact) mass is 926 g/mol. The third-order valence-corrected chi connectivity index (χ3v) is 11.9. The summed E-state index contributed by atoms with van der Waals surface area (Å²) in [6, 6.07) is 22.0. The van der Waals surface area contributed by atoms with Crippen LogP contribution in [-0.4, -0.2) is 87.8 Å². The Labute approximate surface area is 394 Å². The van der Waals surface area contributed by atoms with E-state index in [0.717, 1.165) is 27.3 Å². The summed E-state index contributed by atoms with van der Waals surface area (Å²) in [5, 5.41) is 22.8. The molecule has 3 atom stereocenters. The van der Waals surface area contributed by atoms with E-state index in [9.17, 15) is 19.2 Å². The van der Waals surface area contributed by atoms with Gasteiger partial charge in [0.1, 0.15) is 43.7 Å². The maximum Gasteiger partial charge on any atom is 0.251 e. The number of halogens is 1. The number of rotatable bonds is 16. The Morgan fingerprint density at radius 2 is 1.70 bits per heavy atom. The number of benzene rings is 3. The average molecular weight is 928 g/mol. The fraction of sp³-hybridized carbons (Fsp3) is 0.340. The molecule has 1 saturated heterocycles. The number of aryl methyl sites for hydroxylation is 1. The molecule has 16 heteroatoms. The van der Waals surface area contributed by atoms with E-state index in [1.807, 2.05) is 82.7 Å². The average Bonchev–Trinajstić information content (AvgIpc) is 4.09. The lowest BCUT2D eigenvalue weighted by Crippen LogP contribution is -2.58. The second-order valence-corrected chi connectivity index (χ2v) is 18.0. The van der Waals surface area contributed by atoms with Crippen LogP contribution in [0.2, 0.25) is 5.02 Å². The van der Waals surface area contributed by atoms with E-state index in [1.54, 1.807) is 63.4 Å². The highest BCUT2D eigenvalue weighted by Crippen LogP contribution is 2.29. The molecule has 1 aliphatic heterocycles. The van der Waals surface area contributed by atoms with E-state index in [1.165, 1.54) is 0 Å². The van der Waals surface area contributed by atoms with Crippen molar-refractivity contribution in [2.24, 2.45) is 5.41 Å². The molecule has 14 nitrogen and oxygen atoms in total. The minimum absolute atomic E-state index is 0.0574. The topological polar surface area (TPSA) is 181 Å². The van der Waals surface area contributed by atoms with Crippen LogP contribution in [0.25, 0.3) is 21.7 Å². The molecule has 0 aliphatic carbocycles. The largest absolute Gasteiger partial charge is 0.481 e. The molecule has 1 fully saturated rings. The first kappa shape index (κ1) is 48.5. The van der Waals surface area contributed by atoms with E-state index < -0.39 is 23.4 Å². The Kier molecular flexibility index (Phi) is 16.7. The lowest BCUT2D eigenvalue weighted by molar-refractivity contribution is -0.144. The van der Waals surface area contributed by atoms with Gasteiger partial charge < -0.3 is 30.3 Å². The van der Waals surface area contributed by atoms with Crippen LogP contribution in [0.3, 0.4) is 0 Å². The molecule has 0 radical (unpaired) electrons. The van der Waals surface area contributed by atoms with Crippen molar-refractivity contribution in [2.45, 2.75) is 78.7 Å². The summed E-state index contributed by atoms with van der Waals surface area (Å²) >= 11 is 7.76. The molecule has 0 saturated carbocycles. The van der Waals surface area contributed by atoms with Crippen molar-refractivity contribution in [1.82, 2.24) is 35.6 Å². The van der Waals surface area contributed by atoms with Crippen LogP contribution in [0.5, 0.6) is 5.75 Å². The van der Waals surface area contributed by atoms with Gasteiger partial charge in [-0.3, -0.25) is 23.9 Å². The summed E-state index contributed by atoms with van der Waals surface area (Å²) in [6.07, 6.45) is 3.03. The predicted octanol–water partition coefficient (Wildman–Crippen LogP) is 6.57. The third kappa shape index (κ3) is 13.3. The molecule has 3 heterocycles. The number of nitriles is 1. The molecule has 6 rings (SSSR count). The number of nitrogens with one attached hydrogen (secondary N) is 3.